The molecule has 140 valence electrons. The summed E-state index contributed by atoms with van der Waals surface area (Å²) in [4.78, 5) is 25.1. The lowest BCUT2D eigenvalue weighted by Crippen LogP contribution is -2.35. The molecule has 2 amide bonds. The number of hydrogen-bond donors (Lipinski definition) is 1. The van der Waals surface area contributed by atoms with Gasteiger partial charge in [-0.2, -0.15) is 0 Å². The largest absolute Gasteiger partial charge is 0.493 e. The number of carbonyl (C=O) groups excluding carboxylic acids is 2. The molecule has 2 aromatic carbocycles. The number of aryl methyl sites for hydroxylation is 2. The number of carbonyl (C=O) groups is 2. The molecule has 3 rings (SSSR count). The van der Waals surface area contributed by atoms with Crippen molar-refractivity contribution in [1.82, 2.24) is 5.43 Å². The van der Waals surface area contributed by atoms with E-state index >= 15 is 0 Å². The van der Waals surface area contributed by atoms with Crippen LogP contribution in [0, 0.1) is 13.8 Å². The highest BCUT2D eigenvalue weighted by atomic mass is 35.5. The van der Waals surface area contributed by atoms with Crippen LogP contribution in [0.25, 0.3) is 6.08 Å². The molecule has 1 saturated heterocycles. The van der Waals surface area contributed by atoms with Crippen molar-refractivity contribution in [3.05, 3.63) is 57.6 Å². The van der Waals surface area contributed by atoms with Gasteiger partial charge < -0.3 is 9.47 Å². The van der Waals surface area contributed by atoms with Crippen molar-refractivity contribution in [1.29, 1.82) is 0 Å². The summed E-state index contributed by atoms with van der Waals surface area (Å²) in [5.41, 5.74) is 5.89. The van der Waals surface area contributed by atoms with Crippen molar-refractivity contribution in [2.24, 2.45) is 0 Å². The average Bonchev–Trinajstić information content (AvgIpc) is 2.91. The first kappa shape index (κ1) is 18.8. The number of benzene rings is 2. The Hall–Kier alpha value is -2.99. The van der Waals surface area contributed by atoms with Gasteiger partial charge in [0.25, 0.3) is 11.8 Å². The number of methoxy groups -OCH3 is 2. The third kappa shape index (κ3) is 3.48. The zero-order valence-corrected chi connectivity index (χ0v) is 16.2. The summed E-state index contributed by atoms with van der Waals surface area (Å²) in [5.74, 6) is -0.118. The molecule has 1 aliphatic rings. The molecule has 7 heteroatoms. The van der Waals surface area contributed by atoms with E-state index in [0.717, 1.165) is 11.1 Å². The molecular weight excluding hydrogens is 368 g/mol. The van der Waals surface area contributed by atoms with Crippen LogP contribution in [-0.2, 0) is 9.59 Å². The van der Waals surface area contributed by atoms with E-state index in [-0.39, 0.29) is 5.57 Å². The molecular formula is C20H19ClN2O4. The van der Waals surface area contributed by atoms with Crippen LogP contribution in [0.3, 0.4) is 0 Å². The highest BCUT2D eigenvalue weighted by molar-refractivity contribution is 6.33. The summed E-state index contributed by atoms with van der Waals surface area (Å²) in [6.07, 6.45) is 1.48. The predicted octanol–water partition coefficient (Wildman–Crippen LogP) is 3.44. The van der Waals surface area contributed by atoms with Gasteiger partial charge in [-0.1, -0.05) is 17.7 Å². The van der Waals surface area contributed by atoms with Crippen LogP contribution in [0.15, 0.2) is 35.9 Å². The maximum Gasteiger partial charge on any atom is 0.282 e. The van der Waals surface area contributed by atoms with Crippen molar-refractivity contribution < 1.29 is 19.1 Å². The molecule has 1 N–H and O–H groups in total. The van der Waals surface area contributed by atoms with Gasteiger partial charge in [-0.15, -0.1) is 0 Å². The first-order valence-electron chi connectivity index (χ1n) is 8.21. The van der Waals surface area contributed by atoms with Gasteiger partial charge in [-0.05, 0) is 60.9 Å². The van der Waals surface area contributed by atoms with Crippen molar-refractivity contribution in [2.75, 3.05) is 19.2 Å². The Balaban J connectivity index is 1.98. The molecule has 0 atom stereocenters. The molecule has 1 aliphatic heterocycles. The maximum absolute atomic E-state index is 12.8. The van der Waals surface area contributed by atoms with Crippen molar-refractivity contribution in [2.45, 2.75) is 13.8 Å². The standard InChI is InChI=1S/C20H19ClN2O4/c1-11-5-6-14(7-12(11)2)23-20(25)15(19(24)22-23)8-13-9-16(21)18(27-4)17(10-13)26-3/h5-10H,1-4H3,(H,22,24). The quantitative estimate of drug-likeness (QED) is 0.645. The number of hydrazine groups is 1. The minimum absolute atomic E-state index is 0.0107. The fourth-order valence-corrected chi connectivity index (χ4v) is 3.09. The Labute approximate surface area is 162 Å². The predicted molar refractivity (Wildman–Crippen MR) is 104 cm³/mol. The Bertz CT molecular complexity index is 969. The summed E-state index contributed by atoms with van der Waals surface area (Å²) < 4.78 is 10.5. The average molecular weight is 387 g/mol. The molecule has 0 spiro atoms. The molecule has 0 bridgehead atoms. The van der Waals surface area contributed by atoms with Crippen molar-refractivity contribution in [3.8, 4) is 11.5 Å². The van der Waals surface area contributed by atoms with Gasteiger partial charge in [0.2, 0.25) is 0 Å². The Morgan fingerprint density at radius 3 is 2.41 bits per heavy atom. The van der Waals surface area contributed by atoms with Crippen molar-refractivity contribution in [3.63, 3.8) is 0 Å². The summed E-state index contributed by atoms with van der Waals surface area (Å²) in [7, 11) is 2.97. The van der Waals surface area contributed by atoms with Gasteiger partial charge in [0.1, 0.15) is 5.57 Å². The van der Waals surface area contributed by atoms with Gasteiger partial charge in [-0.3, -0.25) is 15.0 Å². The lowest BCUT2D eigenvalue weighted by atomic mass is 10.1. The van der Waals surface area contributed by atoms with E-state index in [1.165, 1.54) is 25.3 Å². The molecule has 0 saturated carbocycles. The number of rotatable bonds is 4. The smallest absolute Gasteiger partial charge is 0.282 e. The highest BCUT2D eigenvalue weighted by Gasteiger charge is 2.34. The van der Waals surface area contributed by atoms with Crippen LogP contribution >= 0.6 is 11.6 Å². The third-order valence-corrected chi connectivity index (χ3v) is 4.69. The number of amides is 2. The molecule has 27 heavy (non-hydrogen) atoms. The summed E-state index contributed by atoms with van der Waals surface area (Å²) in [6, 6.07) is 8.80. The number of nitrogens with zero attached hydrogens (tertiary/aromatic N) is 1. The summed E-state index contributed by atoms with van der Waals surface area (Å²) in [6.45, 7) is 3.93. The molecule has 0 radical (unpaired) electrons. The van der Waals surface area contributed by atoms with E-state index in [1.54, 1.807) is 18.2 Å². The molecule has 2 aromatic rings. The second kappa shape index (κ2) is 7.32. The monoisotopic (exact) mass is 386 g/mol. The van der Waals surface area contributed by atoms with E-state index < -0.39 is 11.8 Å². The van der Waals surface area contributed by atoms with Gasteiger partial charge in [0.15, 0.2) is 11.5 Å². The van der Waals surface area contributed by atoms with Crippen LogP contribution in [-0.4, -0.2) is 26.0 Å². The van der Waals surface area contributed by atoms with Crippen LogP contribution in [0.1, 0.15) is 16.7 Å². The van der Waals surface area contributed by atoms with Crippen LogP contribution < -0.4 is 19.9 Å². The van der Waals surface area contributed by atoms with E-state index in [4.69, 9.17) is 21.1 Å². The summed E-state index contributed by atoms with van der Waals surface area (Å²) >= 11 is 6.20. The first-order valence-corrected chi connectivity index (χ1v) is 8.59. The number of hydrogen-bond acceptors (Lipinski definition) is 4. The number of nitrogens with one attached hydrogen (secondary N) is 1. The highest BCUT2D eigenvalue weighted by Crippen LogP contribution is 2.37. The second-order valence-corrected chi connectivity index (χ2v) is 6.55. The molecule has 0 aromatic heterocycles. The topological polar surface area (TPSA) is 67.9 Å². The van der Waals surface area contributed by atoms with E-state index in [0.29, 0.717) is 27.8 Å². The Morgan fingerprint density at radius 2 is 1.78 bits per heavy atom. The van der Waals surface area contributed by atoms with Gasteiger partial charge in [0, 0.05) is 0 Å². The Kier molecular flexibility index (Phi) is 5.10. The zero-order valence-electron chi connectivity index (χ0n) is 15.4. The van der Waals surface area contributed by atoms with Crippen LogP contribution in [0.4, 0.5) is 5.69 Å². The fourth-order valence-electron chi connectivity index (χ4n) is 2.79. The summed E-state index contributed by atoms with van der Waals surface area (Å²) in [5, 5.41) is 1.56. The minimum atomic E-state index is -0.482. The molecule has 0 aliphatic carbocycles. The fraction of sp³-hybridized carbons (Fsp3) is 0.200. The number of anilines is 1. The lowest BCUT2D eigenvalue weighted by molar-refractivity contribution is -0.117. The van der Waals surface area contributed by atoms with Gasteiger partial charge in [0.05, 0.1) is 24.9 Å². The maximum atomic E-state index is 12.8. The Morgan fingerprint density at radius 1 is 1.04 bits per heavy atom. The molecule has 0 unspecified atom stereocenters. The van der Waals surface area contributed by atoms with E-state index in [2.05, 4.69) is 5.43 Å². The second-order valence-electron chi connectivity index (χ2n) is 6.15. The van der Waals surface area contributed by atoms with Crippen LogP contribution in [0.2, 0.25) is 5.02 Å². The van der Waals surface area contributed by atoms with Crippen molar-refractivity contribution >= 4 is 35.2 Å². The van der Waals surface area contributed by atoms with E-state index in [1.807, 2.05) is 26.0 Å². The van der Waals surface area contributed by atoms with Gasteiger partial charge in [-0.25, -0.2) is 5.01 Å². The SMILES string of the molecule is COc1cc(C=C2C(=O)NN(c3ccc(C)c(C)c3)C2=O)cc(Cl)c1OC. The van der Waals surface area contributed by atoms with Gasteiger partial charge >= 0.3 is 0 Å². The lowest BCUT2D eigenvalue weighted by Gasteiger charge is -2.16. The number of halogens is 1. The molecule has 6 nitrogen and oxygen atoms in total. The molecule has 1 fully saturated rings. The number of ether oxygens (including phenoxy) is 2. The zero-order chi connectivity index (χ0) is 19.7. The normalized spacial score (nSPS) is 15.3. The third-order valence-electron chi connectivity index (χ3n) is 4.41. The van der Waals surface area contributed by atoms with Crippen LogP contribution in [0.5, 0.6) is 11.5 Å². The minimum Gasteiger partial charge on any atom is -0.493 e. The van der Waals surface area contributed by atoms with E-state index in [9.17, 15) is 9.59 Å². The first-order chi connectivity index (χ1) is 12.8. The molecule has 1 heterocycles.